The smallest absolute Gasteiger partial charge is 0.324 e. The molecule has 0 aliphatic carbocycles. The van der Waals surface area contributed by atoms with Gasteiger partial charge in [0.05, 0.1) is 11.6 Å². The molecule has 5 nitrogen and oxygen atoms in total. The standard InChI is InChI=1S/C18H17ClN2O3/c19-14-8-4-5-9-16(14)24-11-10-21-17(22)15(20-18(21)23)12-13-6-2-1-3-7-13/h1-9,15H,10-12H2,(H,20,23)/t15-/m0/s1. The van der Waals surface area contributed by atoms with Crippen LogP contribution in [0.5, 0.6) is 5.75 Å². The molecule has 3 amide bonds. The molecule has 1 atom stereocenters. The van der Waals surface area contributed by atoms with Crippen LogP contribution in [0.4, 0.5) is 4.79 Å². The number of nitrogens with one attached hydrogen (secondary N) is 1. The molecule has 2 aromatic rings. The zero-order chi connectivity index (χ0) is 16.9. The highest BCUT2D eigenvalue weighted by molar-refractivity contribution is 6.32. The Bertz CT molecular complexity index is 736. The van der Waals surface area contributed by atoms with Crippen molar-refractivity contribution in [1.29, 1.82) is 0 Å². The molecule has 2 aromatic carbocycles. The van der Waals surface area contributed by atoms with E-state index < -0.39 is 6.04 Å². The number of hydrogen-bond donors (Lipinski definition) is 1. The number of imide groups is 1. The highest BCUT2D eigenvalue weighted by Gasteiger charge is 2.37. The summed E-state index contributed by atoms with van der Waals surface area (Å²) in [5, 5.41) is 3.21. The maximum atomic E-state index is 12.4. The molecule has 0 unspecified atom stereocenters. The third-order valence-corrected chi connectivity index (χ3v) is 4.11. The molecule has 124 valence electrons. The van der Waals surface area contributed by atoms with E-state index in [2.05, 4.69) is 5.32 Å². The minimum Gasteiger partial charge on any atom is -0.490 e. The molecule has 1 saturated heterocycles. The predicted octanol–water partition coefficient (Wildman–Crippen LogP) is 2.88. The van der Waals surface area contributed by atoms with Crippen LogP contribution in [-0.2, 0) is 11.2 Å². The lowest BCUT2D eigenvalue weighted by atomic mass is 10.1. The van der Waals surface area contributed by atoms with Crippen molar-refractivity contribution in [2.75, 3.05) is 13.2 Å². The molecule has 0 spiro atoms. The molecule has 1 aliphatic heterocycles. The fourth-order valence-electron chi connectivity index (χ4n) is 2.59. The maximum Gasteiger partial charge on any atom is 0.324 e. The van der Waals surface area contributed by atoms with Gasteiger partial charge in [0.25, 0.3) is 5.91 Å². The number of halogens is 1. The number of hydrogen-bond acceptors (Lipinski definition) is 3. The second-order valence-corrected chi connectivity index (χ2v) is 5.87. The van der Waals surface area contributed by atoms with E-state index >= 15 is 0 Å². The number of benzene rings is 2. The summed E-state index contributed by atoms with van der Waals surface area (Å²) < 4.78 is 5.54. The number of urea groups is 1. The van der Waals surface area contributed by atoms with Crippen molar-refractivity contribution in [2.24, 2.45) is 0 Å². The van der Waals surface area contributed by atoms with E-state index in [0.717, 1.165) is 5.56 Å². The Kier molecular flexibility index (Phi) is 5.01. The van der Waals surface area contributed by atoms with Gasteiger partial charge in [-0.15, -0.1) is 0 Å². The molecule has 0 radical (unpaired) electrons. The first kappa shape index (κ1) is 16.3. The van der Waals surface area contributed by atoms with E-state index in [1.54, 1.807) is 18.2 Å². The number of nitrogens with zero attached hydrogens (tertiary/aromatic N) is 1. The van der Waals surface area contributed by atoms with Gasteiger partial charge in [-0.2, -0.15) is 0 Å². The first-order valence-corrected chi connectivity index (χ1v) is 8.06. The lowest BCUT2D eigenvalue weighted by molar-refractivity contribution is -0.127. The second-order valence-electron chi connectivity index (χ2n) is 5.46. The third-order valence-electron chi connectivity index (χ3n) is 3.80. The zero-order valence-electron chi connectivity index (χ0n) is 12.9. The van der Waals surface area contributed by atoms with Gasteiger partial charge in [-0.3, -0.25) is 9.69 Å². The van der Waals surface area contributed by atoms with Crippen molar-refractivity contribution in [3.63, 3.8) is 0 Å². The Morgan fingerprint density at radius 2 is 1.75 bits per heavy atom. The molecule has 0 bridgehead atoms. The summed E-state index contributed by atoms with van der Waals surface area (Å²) in [5.41, 5.74) is 1.00. The molecule has 6 heteroatoms. The maximum absolute atomic E-state index is 12.4. The van der Waals surface area contributed by atoms with E-state index in [1.165, 1.54) is 4.90 Å². The van der Waals surface area contributed by atoms with E-state index in [0.29, 0.717) is 17.2 Å². The lowest BCUT2D eigenvalue weighted by Crippen LogP contribution is -2.35. The van der Waals surface area contributed by atoms with Crippen LogP contribution in [0.2, 0.25) is 5.02 Å². The highest BCUT2D eigenvalue weighted by atomic mass is 35.5. The van der Waals surface area contributed by atoms with Gasteiger partial charge in [0.1, 0.15) is 18.4 Å². The fourth-order valence-corrected chi connectivity index (χ4v) is 2.78. The Hall–Kier alpha value is -2.53. The molecule has 3 rings (SSSR count). The number of para-hydroxylation sites is 1. The Balaban J connectivity index is 1.55. The number of rotatable bonds is 6. The molecular formula is C18H17ClN2O3. The molecule has 1 fully saturated rings. The van der Waals surface area contributed by atoms with Gasteiger partial charge < -0.3 is 10.1 Å². The van der Waals surface area contributed by atoms with Gasteiger partial charge in [0, 0.05) is 6.42 Å². The summed E-state index contributed by atoms with van der Waals surface area (Å²) in [4.78, 5) is 25.6. The third kappa shape index (κ3) is 3.68. The summed E-state index contributed by atoms with van der Waals surface area (Å²) in [7, 11) is 0. The number of ether oxygens (including phenoxy) is 1. The molecule has 1 heterocycles. The molecular weight excluding hydrogens is 328 g/mol. The summed E-state index contributed by atoms with van der Waals surface area (Å²) >= 11 is 6.01. The first-order valence-electron chi connectivity index (χ1n) is 7.68. The van der Waals surface area contributed by atoms with Crippen molar-refractivity contribution in [3.05, 3.63) is 65.2 Å². The number of carbonyl (C=O) groups is 2. The second kappa shape index (κ2) is 7.36. The first-order chi connectivity index (χ1) is 11.6. The van der Waals surface area contributed by atoms with Gasteiger partial charge in [0.2, 0.25) is 0 Å². The Morgan fingerprint density at radius 3 is 2.50 bits per heavy atom. The van der Waals surface area contributed by atoms with Gasteiger partial charge in [0.15, 0.2) is 0 Å². The van der Waals surface area contributed by atoms with Crippen LogP contribution in [-0.4, -0.2) is 36.0 Å². The van der Waals surface area contributed by atoms with Crippen LogP contribution in [0.1, 0.15) is 5.56 Å². The van der Waals surface area contributed by atoms with E-state index in [9.17, 15) is 9.59 Å². The van der Waals surface area contributed by atoms with Crippen LogP contribution in [0.3, 0.4) is 0 Å². The zero-order valence-corrected chi connectivity index (χ0v) is 13.7. The van der Waals surface area contributed by atoms with Crippen molar-refractivity contribution in [3.8, 4) is 5.75 Å². The van der Waals surface area contributed by atoms with Gasteiger partial charge >= 0.3 is 6.03 Å². The lowest BCUT2D eigenvalue weighted by Gasteiger charge is -2.14. The molecule has 1 N–H and O–H groups in total. The fraction of sp³-hybridized carbons (Fsp3) is 0.222. The van der Waals surface area contributed by atoms with Gasteiger partial charge in [-0.25, -0.2) is 4.79 Å². The van der Waals surface area contributed by atoms with Crippen LogP contribution in [0.25, 0.3) is 0 Å². The number of carbonyl (C=O) groups excluding carboxylic acids is 2. The van der Waals surface area contributed by atoms with E-state index in [1.807, 2.05) is 36.4 Å². The topological polar surface area (TPSA) is 58.6 Å². The minimum absolute atomic E-state index is 0.182. The number of amides is 3. The van der Waals surface area contributed by atoms with Crippen molar-refractivity contribution in [2.45, 2.75) is 12.5 Å². The van der Waals surface area contributed by atoms with Crippen molar-refractivity contribution in [1.82, 2.24) is 10.2 Å². The molecule has 0 saturated carbocycles. The van der Waals surface area contributed by atoms with E-state index in [-0.39, 0.29) is 25.1 Å². The highest BCUT2D eigenvalue weighted by Crippen LogP contribution is 2.23. The summed E-state index contributed by atoms with van der Waals surface area (Å²) in [6.45, 7) is 0.377. The van der Waals surface area contributed by atoms with Gasteiger partial charge in [-0.1, -0.05) is 54.1 Å². The average Bonchev–Trinajstić information content (AvgIpc) is 2.85. The van der Waals surface area contributed by atoms with Crippen LogP contribution in [0, 0.1) is 0 Å². The largest absolute Gasteiger partial charge is 0.490 e. The SMILES string of the molecule is O=C1N[C@@H](Cc2ccccc2)C(=O)N1CCOc1ccccc1Cl. The normalized spacial score (nSPS) is 17.0. The molecule has 24 heavy (non-hydrogen) atoms. The molecule has 1 aliphatic rings. The van der Waals surface area contributed by atoms with Crippen molar-refractivity contribution < 1.29 is 14.3 Å². The quantitative estimate of drug-likeness (QED) is 0.820. The Labute approximate surface area is 145 Å². The summed E-state index contributed by atoms with van der Waals surface area (Å²) in [6.07, 6.45) is 0.479. The van der Waals surface area contributed by atoms with Crippen LogP contribution < -0.4 is 10.1 Å². The molecule has 0 aromatic heterocycles. The van der Waals surface area contributed by atoms with Crippen LogP contribution >= 0.6 is 11.6 Å². The Morgan fingerprint density at radius 1 is 1.04 bits per heavy atom. The van der Waals surface area contributed by atoms with E-state index in [4.69, 9.17) is 16.3 Å². The van der Waals surface area contributed by atoms with Gasteiger partial charge in [-0.05, 0) is 17.7 Å². The average molecular weight is 345 g/mol. The minimum atomic E-state index is -0.528. The summed E-state index contributed by atoms with van der Waals surface area (Å²) in [6, 6.07) is 15.8. The monoisotopic (exact) mass is 344 g/mol. The summed E-state index contributed by atoms with van der Waals surface area (Å²) in [5.74, 6) is 0.304. The van der Waals surface area contributed by atoms with Crippen LogP contribution in [0.15, 0.2) is 54.6 Å². The predicted molar refractivity (Wildman–Crippen MR) is 91.1 cm³/mol. The van der Waals surface area contributed by atoms with Crippen molar-refractivity contribution >= 4 is 23.5 Å².